The maximum atomic E-state index is 11.9. The van der Waals surface area contributed by atoms with Gasteiger partial charge in [-0.2, -0.15) is 0 Å². The molecule has 6 nitrogen and oxygen atoms in total. The molecule has 18 heavy (non-hydrogen) atoms. The molecule has 0 bridgehead atoms. The summed E-state index contributed by atoms with van der Waals surface area (Å²) in [6, 6.07) is 6.56. The van der Waals surface area contributed by atoms with Gasteiger partial charge < -0.3 is 5.11 Å². The van der Waals surface area contributed by atoms with Gasteiger partial charge in [0, 0.05) is 13.0 Å². The van der Waals surface area contributed by atoms with Gasteiger partial charge in [0.15, 0.2) is 10.7 Å². The summed E-state index contributed by atoms with van der Waals surface area (Å²) in [4.78, 5) is 27.5. The van der Waals surface area contributed by atoms with E-state index in [0.29, 0.717) is 11.1 Å². The fourth-order valence-corrected chi connectivity index (χ4v) is 1.80. The molecule has 0 radical (unpaired) electrons. The number of hydrogen-bond acceptors (Lipinski definition) is 4. The molecule has 1 aromatic carbocycles. The molecule has 2 amide bonds. The van der Waals surface area contributed by atoms with Crippen molar-refractivity contribution in [2.45, 2.75) is 6.42 Å². The third-order valence-electron chi connectivity index (χ3n) is 2.68. The number of imide groups is 1. The lowest BCUT2D eigenvalue weighted by atomic mass is 10.1. The lowest BCUT2D eigenvalue weighted by Crippen LogP contribution is -2.30. The standard InChI is InChI=1S/C12H9N3O3/c13-14-7-8(16)5-6-15-11(17)9-3-1-2-4-10(9)12(15)18/h1-4,7H,5-6H2/p+1/b8-7+. The Morgan fingerprint density at radius 2 is 1.83 bits per heavy atom. The maximum absolute atomic E-state index is 11.9. The minimum atomic E-state index is -0.371. The summed E-state index contributed by atoms with van der Waals surface area (Å²) in [5.41, 5.74) is 0.746. The summed E-state index contributed by atoms with van der Waals surface area (Å²) < 4.78 is 0. The molecule has 0 spiro atoms. The van der Waals surface area contributed by atoms with E-state index >= 15 is 0 Å². The normalized spacial score (nSPS) is 14.6. The lowest BCUT2D eigenvalue weighted by molar-refractivity contribution is 0.0652. The van der Waals surface area contributed by atoms with Gasteiger partial charge in [0.1, 0.15) is 0 Å². The minimum Gasteiger partial charge on any atom is -0.505 e. The number of carbonyl (C=O) groups is 2. The van der Waals surface area contributed by atoms with Crippen molar-refractivity contribution in [3.63, 3.8) is 0 Å². The van der Waals surface area contributed by atoms with E-state index in [9.17, 15) is 14.7 Å². The van der Waals surface area contributed by atoms with Gasteiger partial charge in [-0.1, -0.05) is 12.1 Å². The van der Waals surface area contributed by atoms with Crippen LogP contribution in [0.3, 0.4) is 0 Å². The van der Waals surface area contributed by atoms with Crippen LogP contribution in [0.1, 0.15) is 27.1 Å². The summed E-state index contributed by atoms with van der Waals surface area (Å²) in [5.74, 6) is -0.942. The summed E-state index contributed by atoms with van der Waals surface area (Å²) in [6.45, 7) is 0.0458. The summed E-state index contributed by atoms with van der Waals surface area (Å²) >= 11 is 0. The number of aliphatic hydroxyl groups is 1. The highest BCUT2D eigenvalue weighted by Crippen LogP contribution is 2.22. The number of nitrogens with zero attached hydrogens (tertiary/aromatic N) is 3. The first kappa shape index (κ1) is 11.8. The fraction of sp³-hybridized carbons (Fsp3) is 0.167. The van der Waals surface area contributed by atoms with Crippen molar-refractivity contribution in [3.05, 3.63) is 52.3 Å². The Bertz CT molecular complexity index is 551. The quantitative estimate of drug-likeness (QED) is 0.500. The zero-order valence-corrected chi connectivity index (χ0v) is 9.41. The number of hydrogen-bond donors (Lipinski definition) is 1. The highest BCUT2D eigenvalue weighted by atomic mass is 16.3. The van der Waals surface area contributed by atoms with Gasteiger partial charge in [0.05, 0.1) is 11.1 Å². The molecule has 2 rings (SSSR count). The molecule has 1 N–H and O–H groups in total. The molecular weight excluding hydrogens is 234 g/mol. The topological polar surface area (TPSA) is 85.8 Å². The van der Waals surface area contributed by atoms with Gasteiger partial charge in [-0.25, -0.2) is 0 Å². The molecule has 1 aromatic rings. The number of rotatable bonds is 3. The number of diazo groups is 1. The van der Waals surface area contributed by atoms with Crippen molar-refractivity contribution >= 4 is 11.8 Å². The van der Waals surface area contributed by atoms with Crippen LogP contribution in [-0.4, -0.2) is 28.4 Å². The first-order valence-electron chi connectivity index (χ1n) is 5.32. The molecule has 1 aliphatic heterocycles. The van der Waals surface area contributed by atoms with Crippen LogP contribution in [0.25, 0.3) is 4.98 Å². The SMILES string of the molecule is N#[N+]/C=C(/O)CCN1C(=O)c2ccccc2C1=O. The monoisotopic (exact) mass is 244 g/mol. The molecule has 0 aliphatic carbocycles. The van der Waals surface area contributed by atoms with Crippen LogP contribution in [0.5, 0.6) is 0 Å². The number of fused-ring (bicyclic) bond motifs is 1. The zero-order chi connectivity index (χ0) is 13.1. The average Bonchev–Trinajstić information content (AvgIpc) is 2.61. The third-order valence-corrected chi connectivity index (χ3v) is 2.68. The number of aliphatic hydroxyl groups excluding tert-OH is 1. The third kappa shape index (κ3) is 1.94. The van der Waals surface area contributed by atoms with E-state index < -0.39 is 0 Å². The summed E-state index contributed by atoms with van der Waals surface area (Å²) in [7, 11) is 0. The Kier molecular flexibility index (Phi) is 3.06. The van der Waals surface area contributed by atoms with Crippen LogP contribution >= 0.6 is 0 Å². The van der Waals surface area contributed by atoms with E-state index in [4.69, 9.17) is 5.39 Å². The average molecular weight is 244 g/mol. The van der Waals surface area contributed by atoms with E-state index in [0.717, 1.165) is 11.1 Å². The number of benzene rings is 1. The van der Waals surface area contributed by atoms with Crippen molar-refractivity contribution in [1.82, 2.24) is 4.90 Å². The highest BCUT2D eigenvalue weighted by Gasteiger charge is 2.34. The predicted molar refractivity (Wildman–Crippen MR) is 62.2 cm³/mol. The van der Waals surface area contributed by atoms with Crippen molar-refractivity contribution in [1.29, 1.82) is 5.39 Å². The van der Waals surface area contributed by atoms with E-state index in [1.165, 1.54) is 0 Å². The van der Waals surface area contributed by atoms with E-state index in [2.05, 4.69) is 4.98 Å². The van der Waals surface area contributed by atoms with Gasteiger partial charge in [-0.05, 0) is 12.1 Å². The lowest BCUT2D eigenvalue weighted by Gasteiger charge is -2.12. The molecule has 1 aliphatic rings. The molecule has 0 atom stereocenters. The van der Waals surface area contributed by atoms with Crippen molar-refractivity contribution < 1.29 is 14.7 Å². The molecule has 0 unspecified atom stereocenters. The fourth-order valence-electron chi connectivity index (χ4n) is 1.80. The summed E-state index contributed by atoms with van der Waals surface area (Å²) in [5, 5.41) is 17.5. The largest absolute Gasteiger partial charge is 0.505 e. The van der Waals surface area contributed by atoms with Crippen LogP contribution in [0.2, 0.25) is 0 Å². The van der Waals surface area contributed by atoms with E-state index in [1.807, 2.05) is 0 Å². The Hall–Kier alpha value is -2.68. The van der Waals surface area contributed by atoms with Crippen LogP contribution < -0.4 is 0 Å². The molecule has 0 aromatic heterocycles. The number of amides is 2. The smallest absolute Gasteiger partial charge is 0.387 e. The Morgan fingerprint density at radius 1 is 1.28 bits per heavy atom. The molecule has 0 saturated heterocycles. The first-order chi connectivity index (χ1) is 8.65. The van der Waals surface area contributed by atoms with Crippen LogP contribution in [0.4, 0.5) is 0 Å². The van der Waals surface area contributed by atoms with Crippen LogP contribution in [-0.2, 0) is 0 Å². The second-order valence-electron chi connectivity index (χ2n) is 3.79. The highest BCUT2D eigenvalue weighted by molar-refractivity contribution is 6.21. The Labute approximate surface area is 103 Å². The van der Waals surface area contributed by atoms with Crippen molar-refractivity contribution in [2.24, 2.45) is 0 Å². The van der Waals surface area contributed by atoms with Crippen LogP contribution in [0, 0.1) is 5.39 Å². The second-order valence-corrected chi connectivity index (χ2v) is 3.79. The van der Waals surface area contributed by atoms with Crippen molar-refractivity contribution in [2.75, 3.05) is 6.54 Å². The van der Waals surface area contributed by atoms with Gasteiger partial charge in [-0.3, -0.25) is 14.5 Å². The van der Waals surface area contributed by atoms with E-state index in [-0.39, 0.29) is 30.5 Å². The zero-order valence-electron chi connectivity index (χ0n) is 9.41. The number of carbonyl (C=O) groups excluding carboxylic acids is 2. The van der Waals surface area contributed by atoms with Gasteiger partial charge >= 0.3 is 6.20 Å². The Balaban J connectivity index is 2.15. The van der Waals surface area contributed by atoms with Crippen molar-refractivity contribution in [3.8, 4) is 0 Å². The molecule has 0 saturated carbocycles. The van der Waals surface area contributed by atoms with E-state index in [1.54, 1.807) is 24.3 Å². The Morgan fingerprint density at radius 3 is 2.33 bits per heavy atom. The minimum absolute atomic E-state index is 0.0458. The van der Waals surface area contributed by atoms with Crippen LogP contribution in [0.15, 0.2) is 36.2 Å². The second kappa shape index (κ2) is 4.67. The maximum Gasteiger partial charge on any atom is 0.387 e. The first-order valence-corrected chi connectivity index (χ1v) is 5.32. The molecule has 1 heterocycles. The van der Waals surface area contributed by atoms with Gasteiger partial charge in [0.2, 0.25) is 5.39 Å². The summed E-state index contributed by atoms with van der Waals surface area (Å²) in [6.07, 6.45) is 0.910. The van der Waals surface area contributed by atoms with Gasteiger partial charge in [0.25, 0.3) is 11.8 Å². The molecule has 6 heteroatoms. The molecule has 0 fully saturated rings. The van der Waals surface area contributed by atoms with Gasteiger partial charge in [-0.15, -0.1) is 0 Å². The molecular formula is C12H10N3O3+. The molecule has 90 valence electrons. The predicted octanol–water partition coefficient (Wildman–Crippen LogP) is 1.93.